The molecule has 0 spiro atoms. The van der Waals surface area contributed by atoms with Crippen molar-refractivity contribution in [2.45, 2.75) is 124 Å². The van der Waals surface area contributed by atoms with E-state index in [-0.39, 0.29) is 5.92 Å². The van der Waals surface area contributed by atoms with Gasteiger partial charge in [-0.05, 0) is 5.92 Å². The van der Waals surface area contributed by atoms with E-state index < -0.39 is 116 Å². The van der Waals surface area contributed by atoms with E-state index in [4.69, 9.17) is 47.4 Å². The maximum Gasteiger partial charge on any atom is 0.303 e. The molecule has 2 aliphatic heterocycles. The molecule has 2 rings (SSSR count). The Hall–Kier alpha value is -3.83. The summed E-state index contributed by atoms with van der Waals surface area (Å²) in [5, 5.41) is 0. The molecule has 0 amide bonds. The third-order valence-corrected chi connectivity index (χ3v) is 6.61. The Labute approximate surface area is 265 Å². The van der Waals surface area contributed by atoms with Crippen LogP contribution in [0.2, 0.25) is 0 Å². The summed E-state index contributed by atoms with van der Waals surface area (Å²) in [5.74, 6) is -5.76. The zero-order valence-corrected chi connectivity index (χ0v) is 27.2. The maximum absolute atomic E-state index is 12.2. The van der Waals surface area contributed by atoms with Crippen LogP contribution >= 0.6 is 0 Å². The van der Waals surface area contributed by atoms with Gasteiger partial charge in [-0.25, -0.2) is 0 Å². The first kappa shape index (κ1) is 38.4. The van der Waals surface area contributed by atoms with Crippen LogP contribution in [0.25, 0.3) is 0 Å². The summed E-state index contributed by atoms with van der Waals surface area (Å²) in [6, 6.07) is 0. The van der Waals surface area contributed by atoms with Crippen molar-refractivity contribution in [2.24, 2.45) is 5.92 Å². The van der Waals surface area contributed by atoms with Gasteiger partial charge in [0.25, 0.3) is 0 Å². The first-order valence-electron chi connectivity index (χ1n) is 14.5. The van der Waals surface area contributed by atoms with Crippen LogP contribution in [-0.2, 0) is 80.9 Å². The van der Waals surface area contributed by atoms with Crippen LogP contribution in [0, 0.1) is 5.92 Å². The molecule has 46 heavy (non-hydrogen) atoms. The Morgan fingerprint density at radius 2 is 0.848 bits per heavy atom. The van der Waals surface area contributed by atoms with Crippen molar-refractivity contribution in [3.63, 3.8) is 0 Å². The Balaban J connectivity index is 2.55. The Bertz CT molecular complexity index is 1130. The number of hydrogen-bond acceptors (Lipinski definition) is 17. The molecule has 10 atom stereocenters. The highest BCUT2D eigenvalue weighted by Gasteiger charge is 2.55. The van der Waals surface area contributed by atoms with E-state index in [0.29, 0.717) is 0 Å². The van der Waals surface area contributed by atoms with Crippen molar-refractivity contribution in [3.05, 3.63) is 0 Å². The lowest BCUT2D eigenvalue weighted by Gasteiger charge is -2.47. The van der Waals surface area contributed by atoms with Gasteiger partial charge in [0.15, 0.2) is 42.9 Å². The Morgan fingerprint density at radius 1 is 0.478 bits per heavy atom. The topological polar surface area (TPSA) is 212 Å². The standard InChI is InChI=1S/C29H42O17/c1-12(2)22-25(41-16(6)33)26(42-17(7)34)23(39-14(4)31)20(45-22)11-38-29-28(44-19(9)36)27(43-18(8)35)24(40-15(5)32)21(46-29)10-37-13(3)30/h12,20-29H,10-11H2,1-9H3/t20-,21-,22?,23+,24+,25+,26+,27+,28-,29-/m1/s1. The largest absolute Gasteiger partial charge is 0.463 e. The SMILES string of the molecule is CC(=O)OC[C@H]1O[C@@H](OC[C@H]2OC(C(C)C)[C@H](OC(C)=O)[C@@H](OC(C)=O)[C@H]2OC(C)=O)[C@H](OC(C)=O)[C@@H](OC(C)=O)[C@H]1OC(C)=O. The summed E-state index contributed by atoms with van der Waals surface area (Å²) in [7, 11) is 0. The third kappa shape index (κ3) is 11.2. The molecule has 0 bridgehead atoms. The molecule has 2 saturated heterocycles. The van der Waals surface area contributed by atoms with E-state index >= 15 is 0 Å². The highest BCUT2D eigenvalue weighted by molar-refractivity contribution is 5.69. The van der Waals surface area contributed by atoms with Crippen LogP contribution in [0.4, 0.5) is 0 Å². The first-order chi connectivity index (χ1) is 21.4. The number of carbonyl (C=O) groups excluding carboxylic acids is 7. The molecule has 0 radical (unpaired) electrons. The summed E-state index contributed by atoms with van der Waals surface area (Å²) in [6.45, 7) is 10.3. The monoisotopic (exact) mass is 662 g/mol. The van der Waals surface area contributed by atoms with Crippen molar-refractivity contribution in [2.75, 3.05) is 13.2 Å². The molecule has 0 aromatic carbocycles. The lowest BCUT2D eigenvalue weighted by Crippen LogP contribution is -2.65. The Morgan fingerprint density at radius 3 is 1.26 bits per heavy atom. The number of ether oxygens (including phenoxy) is 10. The van der Waals surface area contributed by atoms with Gasteiger partial charge >= 0.3 is 41.8 Å². The summed E-state index contributed by atoms with van der Waals surface area (Å²) >= 11 is 0. The fourth-order valence-electron chi connectivity index (χ4n) is 5.11. The van der Waals surface area contributed by atoms with E-state index in [1.165, 1.54) is 0 Å². The molecule has 0 aliphatic carbocycles. The number of esters is 7. The zero-order chi connectivity index (χ0) is 34.9. The molecule has 17 nitrogen and oxygen atoms in total. The van der Waals surface area contributed by atoms with E-state index in [9.17, 15) is 33.6 Å². The molecule has 2 heterocycles. The van der Waals surface area contributed by atoms with Gasteiger partial charge in [0, 0.05) is 48.5 Å². The highest BCUT2D eigenvalue weighted by atomic mass is 16.7. The van der Waals surface area contributed by atoms with Gasteiger partial charge in [0.1, 0.15) is 24.9 Å². The van der Waals surface area contributed by atoms with Crippen LogP contribution < -0.4 is 0 Å². The summed E-state index contributed by atoms with van der Waals surface area (Å²) in [5.41, 5.74) is 0. The molecule has 0 N–H and O–H groups in total. The fraction of sp³-hybridized carbons (Fsp3) is 0.759. The van der Waals surface area contributed by atoms with Crippen molar-refractivity contribution < 1.29 is 80.9 Å². The fourth-order valence-corrected chi connectivity index (χ4v) is 5.11. The number of hydrogen-bond donors (Lipinski definition) is 0. The molecule has 0 aromatic heterocycles. The van der Waals surface area contributed by atoms with E-state index in [2.05, 4.69) is 0 Å². The van der Waals surface area contributed by atoms with Gasteiger partial charge in [-0.1, -0.05) is 13.8 Å². The molecule has 17 heteroatoms. The quantitative estimate of drug-likeness (QED) is 0.203. The first-order valence-corrected chi connectivity index (χ1v) is 14.5. The highest BCUT2D eigenvalue weighted by Crippen LogP contribution is 2.34. The smallest absolute Gasteiger partial charge is 0.303 e. The minimum atomic E-state index is -1.57. The van der Waals surface area contributed by atoms with Crippen molar-refractivity contribution >= 4 is 41.8 Å². The van der Waals surface area contributed by atoms with Crippen LogP contribution in [0.15, 0.2) is 0 Å². The minimum Gasteiger partial charge on any atom is -0.463 e. The minimum absolute atomic E-state index is 0.325. The summed E-state index contributed by atoms with van der Waals surface area (Å²) in [4.78, 5) is 84.2. The lowest BCUT2D eigenvalue weighted by molar-refractivity contribution is -0.320. The maximum atomic E-state index is 12.2. The predicted molar refractivity (Wildman–Crippen MR) is 148 cm³/mol. The average molecular weight is 663 g/mol. The van der Waals surface area contributed by atoms with Gasteiger partial charge in [0.2, 0.25) is 0 Å². The van der Waals surface area contributed by atoms with Crippen LogP contribution in [0.5, 0.6) is 0 Å². The van der Waals surface area contributed by atoms with Crippen LogP contribution in [-0.4, -0.2) is 116 Å². The van der Waals surface area contributed by atoms with Crippen molar-refractivity contribution in [1.29, 1.82) is 0 Å². The second-order valence-electron chi connectivity index (χ2n) is 11.0. The lowest BCUT2D eigenvalue weighted by atomic mass is 9.89. The molecule has 0 saturated carbocycles. The third-order valence-electron chi connectivity index (χ3n) is 6.61. The number of carbonyl (C=O) groups is 7. The van der Waals surface area contributed by atoms with Gasteiger partial charge in [0.05, 0.1) is 6.61 Å². The van der Waals surface area contributed by atoms with Crippen molar-refractivity contribution in [1.82, 2.24) is 0 Å². The molecule has 1 unspecified atom stereocenters. The molecular weight excluding hydrogens is 620 g/mol. The summed E-state index contributed by atoms with van der Waals surface area (Å²) < 4.78 is 55.9. The normalized spacial score (nSPS) is 30.7. The molecular formula is C29H42O17. The van der Waals surface area contributed by atoms with Gasteiger partial charge < -0.3 is 47.4 Å². The number of rotatable bonds is 12. The summed E-state index contributed by atoms with van der Waals surface area (Å²) in [6.07, 6.45) is -13.2. The second kappa shape index (κ2) is 17.2. The van der Waals surface area contributed by atoms with Gasteiger partial charge in [-0.3, -0.25) is 33.6 Å². The van der Waals surface area contributed by atoms with Gasteiger partial charge in [-0.2, -0.15) is 0 Å². The van der Waals surface area contributed by atoms with Crippen LogP contribution in [0.1, 0.15) is 62.3 Å². The van der Waals surface area contributed by atoms with E-state index in [1.54, 1.807) is 13.8 Å². The molecule has 0 aromatic rings. The van der Waals surface area contributed by atoms with E-state index in [0.717, 1.165) is 48.5 Å². The molecule has 260 valence electrons. The molecule has 2 aliphatic rings. The van der Waals surface area contributed by atoms with E-state index in [1.807, 2.05) is 0 Å². The zero-order valence-electron chi connectivity index (χ0n) is 27.2. The van der Waals surface area contributed by atoms with Crippen molar-refractivity contribution in [3.8, 4) is 0 Å². The predicted octanol–water partition coefficient (Wildman–Crippen LogP) is 0.305. The molecule has 2 fully saturated rings. The van der Waals surface area contributed by atoms with Crippen LogP contribution in [0.3, 0.4) is 0 Å². The average Bonchev–Trinajstić information content (AvgIpc) is 2.89. The van der Waals surface area contributed by atoms with Gasteiger partial charge in [-0.15, -0.1) is 0 Å². The Kier molecular flexibility index (Phi) is 14.3. The second-order valence-corrected chi connectivity index (χ2v) is 11.0.